The van der Waals surface area contributed by atoms with Gasteiger partial charge in [-0.3, -0.25) is 10.0 Å². The first kappa shape index (κ1) is 24.1. The van der Waals surface area contributed by atoms with Gasteiger partial charge in [0.05, 0.1) is 12.7 Å². The molecule has 1 fully saturated rings. The van der Waals surface area contributed by atoms with Gasteiger partial charge in [-0.1, -0.05) is 0 Å². The van der Waals surface area contributed by atoms with Gasteiger partial charge in [0.15, 0.2) is 5.76 Å². The second-order valence-corrected chi connectivity index (χ2v) is 8.23. The van der Waals surface area contributed by atoms with E-state index in [2.05, 4.69) is 4.98 Å². The molecule has 0 aliphatic carbocycles. The van der Waals surface area contributed by atoms with E-state index in [0.717, 1.165) is 6.07 Å². The highest BCUT2D eigenvalue weighted by Gasteiger charge is 2.49. The number of carbonyl (C=O) groups is 2. The van der Waals surface area contributed by atoms with Gasteiger partial charge in [-0.25, -0.2) is 23.6 Å². The molecule has 184 valence electrons. The summed E-state index contributed by atoms with van der Waals surface area (Å²) in [7, 11) is 2.69. The average molecular weight is 487 g/mol. The number of carboxylic acid groups (broad SMARTS) is 1. The average Bonchev–Trinajstić information content (AvgIpc) is 3.29. The molecular weight excluding hydrogens is 464 g/mol. The van der Waals surface area contributed by atoms with Crippen LogP contribution in [0.5, 0.6) is 5.75 Å². The lowest BCUT2D eigenvalue weighted by atomic mass is 9.78. The van der Waals surface area contributed by atoms with Crippen LogP contribution in [0.3, 0.4) is 0 Å². The number of oxazole rings is 1. The maximum atomic E-state index is 14.7. The van der Waals surface area contributed by atoms with E-state index in [4.69, 9.17) is 9.15 Å². The quantitative estimate of drug-likeness (QED) is 0.410. The molecule has 0 saturated carbocycles. The number of hydrogen-bond acceptors (Lipinski definition) is 6. The summed E-state index contributed by atoms with van der Waals surface area (Å²) in [6.45, 7) is 0.0487. The van der Waals surface area contributed by atoms with Crippen LogP contribution in [-0.4, -0.2) is 64.5 Å². The van der Waals surface area contributed by atoms with E-state index in [1.165, 1.54) is 25.1 Å². The number of methoxy groups -OCH3 is 1. The molecule has 0 spiro atoms. The van der Waals surface area contributed by atoms with Crippen LogP contribution in [0.4, 0.5) is 13.6 Å². The highest BCUT2D eigenvalue weighted by atomic mass is 19.1. The first-order chi connectivity index (χ1) is 16.7. The zero-order valence-corrected chi connectivity index (χ0v) is 19.0. The molecule has 11 heteroatoms. The van der Waals surface area contributed by atoms with E-state index in [1.54, 1.807) is 24.3 Å². The van der Waals surface area contributed by atoms with E-state index in [0.29, 0.717) is 22.4 Å². The van der Waals surface area contributed by atoms with E-state index in [-0.39, 0.29) is 48.8 Å². The van der Waals surface area contributed by atoms with E-state index < -0.39 is 29.0 Å². The minimum Gasteiger partial charge on any atom is -0.497 e. The first-order valence-electron chi connectivity index (χ1n) is 10.7. The molecule has 1 aliphatic heterocycles. The molecular formula is C24H23F2N3O6. The van der Waals surface area contributed by atoms with Crippen LogP contribution in [0.25, 0.3) is 22.6 Å². The molecule has 2 heterocycles. The molecule has 9 nitrogen and oxygen atoms in total. The molecule has 35 heavy (non-hydrogen) atoms. The number of halogens is 2. The summed E-state index contributed by atoms with van der Waals surface area (Å²) < 4.78 is 39.4. The van der Waals surface area contributed by atoms with Crippen molar-refractivity contribution >= 4 is 12.0 Å². The van der Waals surface area contributed by atoms with E-state index in [9.17, 15) is 28.7 Å². The summed E-state index contributed by atoms with van der Waals surface area (Å²) in [4.78, 5) is 30.4. The van der Waals surface area contributed by atoms with E-state index >= 15 is 0 Å². The smallest absolute Gasteiger partial charge is 0.343 e. The Hall–Kier alpha value is -3.99. The van der Waals surface area contributed by atoms with Crippen LogP contribution in [0.15, 0.2) is 46.9 Å². The molecule has 2 N–H and O–H groups in total. The number of carboxylic acids is 1. The largest absolute Gasteiger partial charge is 0.497 e. The van der Waals surface area contributed by atoms with Crippen molar-refractivity contribution in [2.45, 2.75) is 18.3 Å². The number of urea groups is 1. The van der Waals surface area contributed by atoms with Gasteiger partial charge in [0.25, 0.3) is 0 Å². The molecule has 4 rings (SSSR count). The molecule has 0 bridgehead atoms. The fraction of sp³-hybridized carbons (Fsp3) is 0.292. The summed E-state index contributed by atoms with van der Waals surface area (Å²) in [5.41, 5.74) is -0.983. The zero-order valence-electron chi connectivity index (χ0n) is 19.0. The molecule has 3 aromatic rings. The van der Waals surface area contributed by atoms with Crippen molar-refractivity contribution < 1.29 is 37.8 Å². The number of amides is 2. The van der Waals surface area contributed by atoms with E-state index in [1.807, 2.05) is 0 Å². The Morgan fingerprint density at radius 2 is 1.80 bits per heavy atom. The number of ether oxygens (including phenoxy) is 1. The molecule has 1 aromatic heterocycles. The number of carbonyl (C=O) groups excluding carboxylic acids is 1. The SMILES string of the molecule is COc1ccc(-c2nc(C3(C(=O)O)CCN(C(=O)N(C)O)CC3)oc2-c2ccc(F)cc2F)cc1. The van der Waals surface area contributed by atoms with Gasteiger partial charge in [-0.05, 0) is 49.2 Å². The Morgan fingerprint density at radius 3 is 2.34 bits per heavy atom. The normalized spacial score (nSPS) is 15.1. The maximum Gasteiger partial charge on any atom is 0.343 e. The molecule has 2 amide bonds. The summed E-state index contributed by atoms with van der Waals surface area (Å²) in [6.07, 6.45) is -0.0916. The molecule has 0 unspecified atom stereocenters. The minimum atomic E-state index is -1.60. The van der Waals surface area contributed by atoms with Gasteiger partial charge in [0.1, 0.15) is 28.5 Å². The molecule has 1 aliphatic rings. The number of aliphatic carboxylic acids is 1. The number of hydrogen-bond donors (Lipinski definition) is 2. The molecule has 1 saturated heterocycles. The summed E-state index contributed by atoms with van der Waals surface area (Å²) in [5, 5.41) is 20.0. The minimum absolute atomic E-state index is 0.0243. The Balaban J connectivity index is 1.82. The Kier molecular flexibility index (Phi) is 6.44. The van der Waals surface area contributed by atoms with Crippen LogP contribution >= 0.6 is 0 Å². The fourth-order valence-electron chi connectivity index (χ4n) is 4.13. The number of hydroxylamine groups is 2. The van der Waals surface area contributed by atoms with Gasteiger partial charge < -0.3 is 19.2 Å². The third-order valence-corrected chi connectivity index (χ3v) is 6.15. The standard InChI is InChI=1S/C24H23F2N3O6/c1-28(33)23(32)29-11-9-24(10-12-29,22(30)31)21-27-19(14-3-6-16(34-2)7-4-14)20(35-21)17-8-5-15(25)13-18(17)26/h3-8,13,33H,9-12H2,1-2H3,(H,30,31). The lowest BCUT2D eigenvalue weighted by Gasteiger charge is -2.37. The van der Waals surface area contributed by atoms with Crippen LogP contribution in [0, 0.1) is 11.6 Å². The Morgan fingerprint density at radius 1 is 1.14 bits per heavy atom. The summed E-state index contributed by atoms with van der Waals surface area (Å²) >= 11 is 0. The summed E-state index contributed by atoms with van der Waals surface area (Å²) in [5.74, 6) is -2.51. The van der Waals surface area contributed by atoms with Gasteiger partial charge in [0.2, 0.25) is 5.89 Å². The second kappa shape index (κ2) is 9.34. The topological polar surface area (TPSA) is 116 Å². The first-order valence-corrected chi connectivity index (χ1v) is 10.7. The number of nitrogens with zero attached hydrogens (tertiary/aromatic N) is 3. The molecule has 0 atom stereocenters. The van der Waals surface area contributed by atoms with Crippen LogP contribution in [-0.2, 0) is 10.2 Å². The monoisotopic (exact) mass is 487 g/mol. The van der Waals surface area contributed by atoms with Crippen molar-refractivity contribution in [1.82, 2.24) is 14.9 Å². The van der Waals surface area contributed by atoms with Crippen LogP contribution in [0.1, 0.15) is 18.7 Å². The summed E-state index contributed by atoms with van der Waals surface area (Å²) in [6, 6.07) is 8.97. The molecule has 2 aromatic carbocycles. The highest BCUT2D eigenvalue weighted by Crippen LogP contribution is 2.42. The van der Waals surface area contributed by atoms with Crippen molar-refractivity contribution in [3.05, 3.63) is 60.0 Å². The van der Waals surface area contributed by atoms with Gasteiger partial charge in [0, 0.05) is 31.8 Å². The number of benzene rings is 2. The zero-order chi connectivity index (χ0) is 25.3. The number of likely N-dealkylation sites (tertiary alicyclic amines) is 1. The highest BCUT2D eigenvalue weighted by molar-refractivity contribution is 5.83. The number of piperidine rings is 1. The fourth-order valence-corrected chi connectivity index (χ4v) is 4.13. The van der Waals surface area contributed by atoms with Crippen molar-refractivity contribution in [3.8, 4) is 28.3 Å². The number of rotatable bonds is 5. The maximum absolute atomic E-state index is 14.7. The molecule has 0 radical (unpaired) electrons. The van der Waals surface area contributed by atoms with Crippen LogP contribution < -0.4 is 4.74 Å². The van der Waals surface area contributed by atoms with Gasteiger partial charge in [-0.15, -0.1) is 0 Å². The van der Waals surface area contributed by atoms with Crippen molar-refractivity contribution in [1.29, 1.82) is 0 Å². The van der Waals surface area contributed by atoms with Crippen LogP contribution in [0.2, 0.25) is 0 Å². The van der Waals surface area contributed by atoms with Gasteiger partial charge >= 0.3 is 12.0 Å². The number of aromatic nitrogens is 1. The Labute approximate surface area is 199 Å². The van der Waals surface area contributed by atoms with Crippen molar-refractivity contribution in [2.75, 3.05) is 27.2 Å². The van der Waals surface area contributed by atoms with Crippen molar-refractivity contribution in [2.24, 2.45) is 0 Å². The Bertz CT molecular complexity index is 1250. The van der Waals surface area contributed by atoms with Crippen molar-refractivity contribution in [3.63, 3.8) is 0 Å². The lowest BCUT2D eigenvalue weighted by Crippen LogP contribution is -2.51. The predicted molar refractivity (Wildman–Crippen MR) is 119 cm³/mol. The third-order valence-electron chi connectivity index (χ3n) is 6.15. The second-order valence-electron chi connectivity index (χ2n) is 8.23. The lowest BCUT2D eigenvalue weighted by molar-refractivity contribution is -0.147. The van der Waals surface area contributed by atoms with Gasteiger partial charge in [-0.2, -0.15) is 0 Å². The predicted octanol–water partition coefficient (Wildman–Crippen LogP) is 4.15. The third kappa shape index (κ3) is 4.42.